The predicted molar refractivity (Wildman–Crippen MR) is 96.6 cm³/mol. The van der Waals surface area contributed by atoms with Gasteiger partial charge < -0.3 is 14.6 Å². The van der Waals surface area contributed by atoms with Crippen molar-refractivity contribution in [3.8, 4) is 17.6 Å². The van der Waals surface area contributed by atoms with Crippen molar-refractivity contribution in [3.05, 3.63) is 52.8 Å². The molecule has 7 nitrogen and oxygen atoms in total. The fraction of sp³-hybridized carbons (Fsp3) is 0.300. The van der Waals surface area contributed by atoms with E-state index in [9.17, 15) is 20.0 Å². The molecule has 0 aliphatic heterocycles. The summed E-state index contributed by atoms with van der Waals surface area (Å²) in [5.41, 5.74) is 1.13. The van der Waals surface area contributed by atoms with Gasteiger partial charge in [-0.25, -0.2) is 4.98 Å². The van der Waals surface area contributed by atoms with Crippen molar-refractivity contribution in [2.24, 2.45) is 0 Å². The summed E-state index contributed by atoms with van der Waals surface area (Å²) in [6.07, 6.45) is 0.103. The van der Waals surface area contributed by atoms with E-state index in [0.29, 0.717) is 17.9 Å². The minimum Gasteiger partial charge on any atom is -0.504 e. The number of hydrogen-bond donors (Lipinski definition) is 1. The van der Waals surface area contributed by atoms with Gasteiger partial charge in [-0.2, -0.15) is 5.26 Å². The van der Waals surface area contributed by atoms with Crippen LogP contribution in [-0.2, 0) is 16.0 Å². The number of esters is 1. The monoisotopic (exact) mass is 368 g/mol. The first-order valence-electron chi connectivity index (χ1n) is 8.43. The minimum absolute atomic E-state index is 0.0343. The largest absolute Gasteiger partial charge is 0.504 e. The van der Waals surface area contributed by atoms with Gasteiger partial charge in [0.25, 0.3) is 0 Å². The van der Waals surface area contributed by atoms with Crippen molar-refractivity contribution in [2.45, 2.75) is 26.2 Å². The van der Waals surface area contributed by atoms with E-state index in [-0.39, 0.29) is 30.7 Å². The molecular formula is C20H20N2O5. The molecule has 27 heavy (non-hydrogen) atoms. The van der Waals surface area contributed by atoms with E-state index in [1.54, 1.807) is 26.2 Å². The molecule has 1 aromatic heterocycles. The number of Topliss-reactive ketones (excluding diaryl/α,β-unsaturated/α-hetero) is 1. The molecule has 0 spiro atoms. The Hall–Kier alpha value is -3.40. The number of nitriles is 1. The van der Waals surface area contributed by atoms with Gasteiger partial charge in [-0.1, -0.05) is 12.1 Å². The van der Waals surface area contributed by atoms with Crippen LogP contribution < -0.4 is 4.74 Å². The molecule has 0 bridgehead atoms. The number of rotatable bonds is 8. The molecule has 0 atom stereocenters. The number of aromatic nitrogens is 1. The average Bonchev–Trinajstić information content (AvgIpc) is 2.68. The highest BCUT2D eigenvalue weighted by molar-refractivity contribution is 5.98. The Morgan fingerprint density at radius 3 is 2.52 bits per heavy atom. The number of pyridine rings is 1. The molecule has 0 saturated heterocycles. The molecule has 0 saturated carbocycles. The third kappa shape index (κ3) is 5.28. The SMILES string of the molecule is CCOC(=O)CCC(=O)c1nc(Cc2ccc(OC)cc2)cc(C#N)c1O. The molecule has 2 rings (SSSR count). The number of benzene rings is 1. The molecule has 140 valence electrons. The number of nitrogens with zero attached hydrogens (tertiary/aromatic N) is 2. The molecule has 0 amide bonds. The molecule has 0 radical (unpaired) electrons. The van der Waals surface area contributed by atoms with Gasteiger partial charge in [0.2, 0.25) is 0 Å². The van der Waals surface area contributed by atoms with E-state index in [0.717, 1.165) is 5.56 Å². The lowest BCUT2D eigenvalue weighted by Crippen LogP contribution is -2.11. The predicted octanol–water partition coefficient (Wildman–Crippen LogP) is 2.78. The zero-order chi connectivity index (χ0) is 19.8. The Balaban J connectivity index is 2.24. The highest BCUT2D eigenvalue weighted by Gasteiger charge is 2.19. The van der Waals surface area contributed by atoms with Crippen LogP contribution in [-0.4, -0.2) is 35.6 Å². The zero-order valence-corrected chi connectivity index (χ0v) is 15.2. The maximum Gasteiger partial charge on any atom is 0.306 e. The summed E-state index contributed by atoms with van der Waals surface area (Å²) in [6, 6.07) is 10.6. The number of ketones is 1. The topological polar surface area (TPSA) is 110 Å². The minimum atomic E-state index is -0.520. The zero-order valence-electron chi connectivity index (χ0n) is 15.2. The van der Waals surface area contributed by atoms with E-state index in [1.165, 1.54) is 6.07 Å². The lowest BCUT2D eigenvalue weighted by molar-refractivity contribution is -0.143. The van der Waals surface area contributed by atoms with Crippen molar-refractivity contribution < 1.29 is 24.2 Å². The number of carbonyl (C=O) groups excluding carboxylic acids is 2. The van der Waals surface area contributed by atoms with Crippen molar-refractivity contribution in [1.82, 2.24) is 4.98 Å². The van der Waals surface area contributed by atoms with Crippen LogP contribution in [0.2, 0.25) is 0 Å². The molecule has 0 fully saturated rings. The first kappa shape index (κ1) is 19.9. The molecule has 0 unspecified atom stereocenters. The summed E-state index contributed by atoms with van der Waals surface area (Å²) in [4.78, 5) is 28.0. The molecule has 1 aromatic carbocycles. The van der Waals surface area contributed by atoms with Crippen LogP contribution in [0.25, 0.3) is 0 Å². The van der Waals surface area contributed by atoms with Gasteiger partial charge in [-0.3, -0.25) is 9.59 Å². The Morgan fingerprint density at radius 2 is 1.93 bits per heavy atom. The Kier molecular flexibility index (Phi) is 6.89. The molecule has 0 aliphatic rings. The summed E-state index contributed by atoms with van der Waals surface area (Å²) < 4.78 is 9.90. The lowest BCUT2D eigenvalue weighted by Gasteiger charge is -2.09. The highest BCUT2D eigenvalue weighted by Crippen LogP contribution is 2.24. The average molecular weight is 368 g/mol. The van der Waals surface area contributed by atoms with Crippen molar-refractivity contribution in [1.29, 1.82) is 5.26 Å². The van der Waals surface area contributed by atoms with Crippen LogP contribution in [0.1, 0.15) is 47.1 Å². The van der Waals surface area contributed by atoms with Gasteiger partial charge >= 0.3 is 5.97 Å². The number of methoxy groups -OCH3 is 1. The second-order valence-electron chi connectivity index (χ2n) is 5.72. The van der Waals surface area contributed by atoms with Crippen LogP contribution in [0.4, 0.5) is 0 Å². The van der Waals surface area contributed by atoms with E-state index in [2.05, 4.69) is 4.98 Å². The number of hydrogen-bond acceptors (Lipinski definition) is 7. The maximum absolute atomic E-state index is 12.4. The quantitative estimate of drug-likeness (QED) is 0.563. The third-order valence-electron chi connectivity index (χ3n) is 3.84. The van der Waals surface area contributed by atoms with Gasteiger partial charge in [-0.15, -0.1) is 0 Å². The fourth-order valence-corrected chi connectivity index (χ4v) is 2.48. The van der Waals surface area contributed by atoms with Crippen molar-refractivity contribution >= 4 is 11.8 Å². The van der Waals surface area contributed by atoms with E-state index in [1.807, 2.05) is 18.2 Å². The molecule has 1 N–H and O–H groups in total. The van der Waals surface area contributed by atoms with Gasteiger partial charge in [-0.05, 0) is 30.7 Å². The van der Waals surface area contributed by atoms with Crippen LogP contribution in [0.3, 0.4) is 0 Å². The van der Waals surface area contributed by atoms with Crippen molar-refractivity contribution in [3.63, 3.8) is 0 Å². The van der Waals surface area contributed by atoms with Gasteiger partial charge in [0.15, 0.2) is 11.5 Å². The summed E-state index contributed by atoms with van der Waals surface area (Å²) in [7, 11) is 1.57. The third-order valence-corrected chi connectivity index (χ3v) is 3.84. The van der Waals surface area contributed by atoms with E-state index < -0.39 is 17.5 Å². The summed E-state index contributed by atoms with van der Waals surface area (Å²) in [5.74, 6) is -0.774. The summed E-state index contributed by atoms with van der Waals surface area (Å²) in [6.45, 7) is 1.90. The Labute approximate surface area is 157 Å². The summed E-state index contributed by atoms with van der Waals surface area (Å²) in [5, 5.41) is 19.4. The number of carbonyl (C=O) groups is 2. The summed E-state index contributed by atoms with van der Waals surface area (Å²) >= 11 is 0. The van der Waals surface area contributed by atoms with Crippen LogP contribution in [0.5, 0.6) is 11.5 Å². The van der Waals surface area contributed by atoms with Crippen LogP contribution in [0, 0.1) is 11.3 Å². The molecule has 1 heterocycles. The first-order valence-corrected chi connectivity index (χ1v) is 8.43. The lowest BCUT2D eigenvalue weighted by atomic mass is 10.0. The molecule has 2 aromatic rings. The standard InChI is InChI=1S/C20H20N2O5/c1-3-27-18(24)9-8-17(23)19-20(25)14(12-21)11-15(22-19)10-13-4-6-16(26-2)7-5-13/h4-7,11,25H,3,8-10H2,1-2H3. The Morgan fingerprint density at radius 1 is 1.22 bits per heavy atom. The van der Waals surface area contributed by atoms with Gasteiger partial charge in [0.05, 0.1) is 25.7 Å². The second kappa shape index (κ2) is 9.34. The first-order chi connectivity index (χ1) is 13.0. The van der Waals surface area contributed by atoms with Gasteiger partial charge in [0, 0.05) is 18.5 Å². The molecular weight excluding hydrogens is 348 g/mol. The number of aromatic hydroxyl groups is 1. The maximum atomic E-state index is 12.4. The van der Waals surface area contributed by atoms with E-state index >= 15 is 0 Å². The smallest absolute Gasteiger partial charge is 0.306 e. The Bertz CT molecular complexity index is 869. The van der Waals surface area contributed by atoms with Crippen LogP contribution in [0.15, 0.2) is 30.3 Å². The molecule has 0 aliphatic carbocycles. The van der Waals surface area contributed by atoms with E-state index in [4.69, 9.17) is 9.47 Å². The fourth-order valence-electron chi connectivity index (χ4n) is 2.48. The number of ether oxygens (including phenoxy) is 2. The van der Waals surface area contributed by atoms with Crippen molar-refractivity contribution in [2.75, 3.05) is 13.7 Å². The van der Waals surface area contributed by atoms with Crippen LogP contribution >= 0.6 is 0 Å². The normalized spacial score (nSPS) is 10.1. The second-order valence-corrected chi connectivity index (χ2v) is 5.72. The highest BCUT2D eigenvalue weighted by atomic mass is 16.5. The van der Waals surface area contributed by atoms with Gasteiger partial charge in [0.1, 0.15) is 17.5 Å². The molecule has 7 heteroatoms.